The van der Waals surface area contributed by atoms with Crippen LogP contribution in [0.25, 0.3) is 0 Å². The van der Waals surface area contributed by atoms with E-state index in [2.05, 4.69) is 15.9 Å². The largest absolute Gasteiger partial charge is 0.327 e. The predicted octanol–water partition coefficient (Wildman–Crippen LogP) is 3.46. The Balaban J connectivity index is 1.96. The van der Waals surface area contributed by atoms with Crippen molar-refractivity contribution >= 4 is 26.7 Å². The lowest BCUT2D eigenvalue weighted by molar-refractivity contribution is 0.318. The monoisotopic (exact) mass is 329 g/mol. The number of halogens is 1. The molecule has 1 aliphatic rings. The van der Waals surface area contributed by atoms with Crippen molar-refractivity contribution in [3.8, 4) is 0 Å². The molecule has 1 aliphatic carbocycles. The van der Waals surface area contributed by atoms with E-state index in [-0.39, 0.29) is 6.04 Å². The number of rotatable bonds is 4. The van der Waals surface area contributed by atoms with Crippen molar-refractivity contribution < 1.29 is 4.21 Å². The van der Waals surface area contributed by atoms with Crippen LogP contribution in [-0.2, 0) is 10.8 Å². The third kappa shape index (κ3) is 3.65. The lowest BCUT2D eigenvalue weighted by Crippen LogP contribution is -2.36. The molecule has 0 aromatic heterocycles. The third-order valence-electron chi connectivity index (χ3n) is 3.68. The van der Waals surface area contributed by atoms with Crippen LogP contribution < -0.4 is 5.73 Å². The zero-order chi connectivity index (χ0) is 13.0. The van der Waals surface area contributed by atoms with Gasteiger partial charge in [0, 0.05) is 16.3 Å². The first kappa shape index (κ1) is 14.2. The summed E-state index contributed by atoms with van der Waals surface area (Å²) in [5.74, 6) is 1.14. The second-order valence-corrected chi connectivity index (χ2v) is 7.32. The molecule has 1 saturated carbocycles. The fourth-order valence-electron chi connectivity index (χ4n) is 2.59. The molecule has 0 radical (unpaired) electrons. The number of nitrogens with two attached hydrogens (primary N) is 1. The van der Waals surface area contributed by atoms with E-state index in [0.29, 0.717) is 11.7 Å². The van der Waals surface area contributed by atoms with Gasteiger partial charge in [0.05, 0.1) is 15.7 Å². The highest BCUT2D eigenvalue weighted by Gasteiger charge is 2.23. The van der Waals surface area contributed by atoms with Crippen molar-refractivity contribution in [3.63, 3.8) is 0 Å². The minimum Gasteiger partial charge on any atom is -0.327 e. The van der Waals surface area contributed by atoms with E-state index >= 15 is 0 Å². The highest BCUT2D eigenvalue weighted by Crippen LogP contribution is 2.27. The fourth-order valence-corrected chi connectivity index (χ4v) is 4.74. The number of hydrogen-bond acceptors (Lipinski definition) is 2. The van der Waals surface area contributed by atoms with Crippen LogP contribution in [0.4, 0.5) is 0 Å². The molecule has 4 heteroatoms. The van der Waals surface area contributed by atoms with Crippen molar-refractivity contribution in [2.24, 2.45) is 11.7 Å². The van der Waals surface area contributed by atoms with Crippen molar-refractivity contribution in [3.05, 3.63) is 28.7 Å². The molecule has 2 nitrogen and oxygen atoms in total. The number of hydrogen-bond donors (Lipinski definition) is 1. The fraction of sp³-hybridized carbons (Fsp3) is 0.571. The van der Waals surface area contributed by atoms with Gasteiger partial charge in [-0.15, -0.1) is 0 Å². The highest BCUT2D eigenvalue weighted by atomic mass is 79.9. The minimum absolute atomic E-state index is 0.0678. The number of benzene rings is 1. The summed E-state index contributed by atoms with van der Waals surface area (Å²) in [6, 6.07) is 7.77. The van der Waals surface area contributed by atoms with Gasteiger partial charge in [-0.2, -0.15) is 0 Å². The van der Waals surface area contributed by atoms with Gasteiger partial charge in [0.25, 0.3) is 0 Å². The first-order valence-electron chi connectivity index (χ1n) is 6.57. The first-order chi connectivity index (χ1) is 8.68. The molecule has 2 rings (SSSR count). The van der Waals surface area contributed by atoms with Gasteiger partial charge in [0.2, 0.25) is 0 Å². The molecule has 1 aromatic carbocycles. The molecular formula is C14H20BrNOS. The first-order valence-corrected chi connectivity index (χ1v) is 8.68. The molecule has 0 heterocycles. The Hall–Kier alpha value is -0.190. The molecule has 2 atom stereocenters. The molecule has 0 saturated heterocycles. The molecule has 0 spiro atoms. The van der Waals surface area contributed by atoms with Gasteiger partial charge in [-0.1, -0.05) is 31.4 Å². The van der Waals surface area contributed by atoms with Crippen LogP contribution in [0.2, 0.25) is 0 Å². The summed E-state index contributed by atoms with van der Waals surface area (Å²) < 4.78 is 13.2. The normalized spacial score (nSPS) is 20.6. The Morgan fingerprint density at radius 2 is 1.94 bits per heavy atom. The molecule has 18 heavy (non-hydrogen) atoms. The van der Waals surface area contributed by atoms with Crippen LogP contribution >= 0.6 is 15.9 Å². The summed E-state index contributed by atoms with van der Waals surface area (Å²) in [5, 5.41) is 0. The Kier molecular flexibility index (Phi) is 5.39. The average Bonchev–Trinajstić information content (AvgIpc) is 2.40. The van der Waals surface area contributed by atoms with Crippen molar-refractivity contribution in [1.82, 2.24) is 0 Å². The second-order valence-electron chi connectivity index (χ2n) is 5.00. The zero-order valence-electron chi connectivity index (χ0n) is 10.5. The summed E-state index contributed by atoms with van der Waals surface area (Å²) in [5.41, 5.74) is 6.23. The molecule has 0 bridgehead atoms. The molecule has 0 amide bonds. The topological polar surface area (TPSA) is 43.1 Å². The Bertz CT molecular complexity index is 418. The van der Waals surface area contributed by atoms with Crippen LogP contribution in [0.3, 0.4) is 0 Å². The minimum atomic E-state index is -0.999. The zero-order valence-corrected chi connectivity index (χ0v) is 12.9. The molecule has 100 valence electrons. The van der Waals surface area contributed by atoms with E-state index < -0.39 is 10.8 Å². The molecule has 2 unspecified atom stereocenters. The highest BCUT2D eigenvalue weighted by molar-refractivity contribution is 9.10. The predicted molar refractivity (Wildman–Crippen MR) is 80.0 cm³/mol. The van der Waals surface area contributed by atoms with Crippen molar-refractivity contribution in [1.29, 1.82) is 0 Å². The van der Waals surface area contributed by atoms with Crippen LogP contribution in [-0.4, -0.2) is 16.0 Å². The summed E-state index contributed by atoms with van der Waals surface area (Å²) >= 11 is 3.45. The Morgan fingerprint density at radius 1 is 1.28 bits per heavy atom. The van der Waals surface area contributed by atoms with Gasteiger partial charge >= 0.3 is 0 Å². The maximum absolute atomic E-state index is 12.3. The van der Waals surface area contributed by atoms with Crippen LogP contribution in [0, 0.1) is 5.92 Å². The maximum atomic E-state index is 12.3. The Labute approximate surface area is 120 Å². The summed E-state index contributed by atoms with van der Waals surface area (Å²) in [7, 11) is -0.999. The van der Waals surface area contributed by atoms with E-state index in [1.807, 2.05) is 24.3 Å². The van der Waals surface area contributed by atoms with Gasteiger partial charge < -0.3 is 5.73 Å². The molecule has 2 N–H and O–H groups in total. The molecule has 1 aromatic rings. The van der Waals surface area contributed by atoms with Gasteiger partial charge in [-0.05, 0) is 46.8 Å². The van der Waals surface area contributed by atoms with Crippen molar-refractivity contribution in [2.75, 3.05) is 5.75 Å². The summed E-state index contributed by atoms with van der Waals surface area (Å²) in [4.78, 5) is 0.865. The quantitative estimate of drug-likeness (QED) is 0.919. The lowest BCUT2D eigenvalue weighted by atomic mass is 9.85. The van der Waals surface area contributed by atoms with E-state index in [9.17, 15) is 4.21 Å². The van der Waals surface area contributed by atoms with E-state index in [1.165, 1.54) is 32.1 Å². The van der Waals surface area contributed by atoms with E-state index in [4.69, 9.17) is 5.73 Å². The lowest BCUT2D eigenvalue weighted by Gasteiger charge is -2.27. The van der Waals surface area contributed by atoms with Gasteiger partial charge in [-0.3, -0.25) is 4.21 Å². The summed E-state index contributed by atoms with van der Waals surface area (Å²) in [6.07, 6.45) is 6.29. The molecule has 0 aliphatic heterocycles. The van der Waals surface area contributed by atoms with E-state index in [1.54, 1.807) is 0 Å². The van der Waals surface area contributed by atoms with Crippen LogP contribution in [0.5, 0.6) is 0 Å². The van der Waals surface area contributed by atoms with Crippen LogP contribution in [0.1, 0.15) is 32.1 Å². The SMILES string of the molecule is NC(CS(=O)c1ccccc1Br)C1CCCCC1. The molecular weight excluding hydrogens is 310 g/mol. The van der Waals surface area contributed by atoms with E-state index in [0.717, 1.165) is 9.37 Å². The Morgan fingerprint density at radius 3 is 2.61 bits per heavy atom. The summed E-state index contributed by atoms with van der Waals surface area (Å²) in [6.45, 7) is 0. The van der Waals surface area contributed by atoms with Gasteiger partial charge in [-0.25, -0.2) is 0 Å². The molecule has 1 fully saturated rings. The van der Waals surface area contributed by atoms with Crippen molar-refractivity contribution in [2.45, 2.75) is 43.0 Å². The second kappa shape index (κ2) is 6.83. The van der Waals surface area contributed by atoms with Gasteiger partial charge in [0.1, 0.15) is 0 Å². The third-order valence-corrected chi connectivity index (χ3v) is 6.17. The smallest absolute Gasteiger partial charge is 0.0556 e. The van der Waals surface area contributed by atoms with Crippen LogP contribution in [0.15, 0.2) is 33.6 Å². The maximum Gasteiger partial charge on any atom is 0.0556 e. The average molecular weight is 330 g/mol. The standard InChI is InChI=1S/C14H20BrNOS/c15-12-8-4-5-9-14(12)18(17)10-13(16)11-6-2-1-3-7-11/h4-5,8-9,11,13H,1-3,6-7,10,16H2. The van der Waals surface area contributed by atoms with Gasteiger partial charge in [0.15, 0.2) is 0 Å².